The van der Waals surface area contributed by atoms with Crippen molar-refractivity contribution in [3.63, 3.8) is 0 Å². The predicted octanol–water partition coefficient (Wildman–Crippen LogP) is 2.36. The van der Waals surface area contributed by atoms with Gasteiger partial charge in [0, 0.05) is 24.9 Å². The Morgan fingerprint density at radius 2 is 2.18 bits per heavy atom. The second kappa shape index (κ2) is 6.72. The van der Waals surface area contributed by atoms with Gasteiger partial charge in [-0.1, -0.05) is 18.2 Å². The van der Waals surface area contributed by atoms with Crippen molar-refractivity contribution in [2.24, 2.45) is 0 Å². The van der Waals surface area contributed by atoms with Gasteiger partial charge in [0.2, 0.25) is 5.72 Å². The van der Waals surface area contributed by atoms with Crippen LogP contribution in [0.2, 0.25) is 0 Å². The molecule has 1 aliphatic rings. The molecule has 1 amide bonds. The number of rotatable bonds is 6. The van der Waals surface area contributed by atoms with Gasteiger partial charge in [-0.15, -0.1) is 0 Å². The first-order valence-corrected chi connectivity index (χ1v) is 8.69. The summed E-state index contributed by atoms with van der Waals surface area (Å²) < 4.78 is 26.2. The standard InChI is InChI=1S/C20H18FN3O4/c1-13-18(19(26)23(2)20(11-25)12-28-20)17-9-15(7-8-24(17)22-13)27-10-14-5-3-4-6-16(14)21/h3-9,11H,10,12H2,1-2H3. The number of halogens is 1. The number of likely N-dealkylation sites (N-methyl/N-ethyl adjacent to an activating group) is 1. The van der Waals surface area contributed by atoms with Crippen LogP contribution >= 0.6 is 0 Å². The molecule has 0 spiro atoms. The summed E-state index contributed by atoms with van der Waals surface area (Å²) in [6.45, 7) is 1.95. The number of carbonyl (C=O) groups is 2. The molecule has 0 saturated carbocycles. The van der Waals surface area contributed by atoms with E-state index in [1.807, 2.05) is 0 Å². The zero-order valence-corrected chi connectivity index (χ0v) is 15.4. The molecule has 3 heterocycles. The Morgan fingerprint density at radius 3 is 2.86 bits per heavy atom. The number of ether oxygens (including phenoxy) is 2. The lowest BCUT2D eigenvalue weighted by Gasteiger charge is -2.20. The van der Waals surface area contributed by atoms with Crippen LogP contribution in [0.3, 0.4) is 0 Å². The van der Waals surface area contributed by atoms with Gasteiger partial charge >= 0.3 is 0 Å². The second-order valence-electron chi connectivity index (χ2n) is 6.65. The average molecular weight is 383 g/mol. The molecule has 1 fully saturated rings. The van der Waals surface area contributed by atoms with E-state index in [0.717, 1.165) is 0 Å². The maximum absolute atomic E-state index is 13.8. The van der Waals surface area contributed by atoms with Crippen molar-refractivity contribution in [3.8, 4) is 5.75 Å². The topological polar surface area (TPSA) is 76.4 Å². The van der Waals surface area contributed by atoms with Crippen molar-refractivity contribution in [2.45, 2.75) is 19.3 Å². The Morgan fingerprint density at radius 1 is 1.43 bits per heavy atom. The van der Waals surface area contributed by atoms with E-state index in [2.05, 4.69) is 5.10 Å². The summed E-state index contributed by atoms with van der Waals surface area (Å²) in [5.74, 6) is -0.242. The van der Waals surface area contributed by atoms with E-state index in [0.29, 0.717) is 34.4 Å². The minimum atomic E-state index is -1.20. The molecule has 2 aromatic heterocycles. The fourth-order valence-corrected chi connectivity index (χ4v) is 3.03. The Bertz CT molecular complexity index is 1070. The fraction of sp³-hybridized carbons (Fsp3) is 0.250. The fourth-order valence-electron chi connectivity index (χ4n) is 3.03. The molecule has 28 heavy (non-hydrogen) atoms. The Kier molecular flexibility index (Phi) is 4.35. The van der Waals surface area contributed by atoms with E-state index in [-0.39, 0.29) is 24.9 Å². The highest BCUT2D eigenvalue weighted by Crippen LogP contribution is 2.31. The van der Waals surface area contributed by atoms with Crippen LogP contribution in [0.4, 0.5) is 4.39 Å². The van der Waals surface area contributed by atoms with Crippen molar-refractivity contribution in [1.29, 1.82) is 0 Å². The van der Waals surface area contributed by atoms with E-state index in [9.17, 15) is 14.0 Å². The highest BCUT2D eigenvalue weighted by molar-refractivity contribution is 6.03. The monoisotopic (exact) mass is 383 g/mol. The van der Waals surface area contributed by atoms with Gasteiger partial charge in [0.25, 0.3) is 5.91 Å². The van der Waals surface area contributed by atoms with Crippen LogP contribution in [0.15, 0.2) is 42.6 Å². The lowest BCUT2D eigenvalue weighted by atomic mass is 10.1. The van der Waals surface area contributed by atoms with Crippen molar-refractivity contribution >= 4 is 17.7 Å². The number of aldehydes is 1. The molecule has 1 aliphatic heterocycles. The van der Waals surface area contributed by atoms with Gasteiger partial charge in [0.15, 0.2) is 6.29 Å². The minimum absolute atomic E-state index is 0.0568. The third-order valence-electron chi connectivity index (χ3n) is 4.84. The van der Waals surface area contributed by atoms with Crippen molar-refractivity contribution < 1.29 is 23.5 Å². The molecule has 0 radical (unpaired) electrons. The highest BCUT2D eigenvalue weighted by atomic mass is 19.1. The van der Waals surface area contributed by atoms with Gasteiger partial charge in [-0.2, -0.15) is 5.10 Å². The third kappa shape index (κ3) is 3.01. The Hall–Kier alpha value is -3.26. The molecule has 3 aromatic rings. The normalized spacial score (nSPS) is 18.1. The van der Waals surface area contributed by atoms with Crippen LogP contribution in [-0.2, 0) is 16.1 Å². The number of carbonyl (C=O) groups excluding carboxylic acids is 2. The maximum Gasteiger partial charge on any atom is 0.260 e. The molecule has 1 aromatic carbocycles. The van der Waals surface area contributed by atoms with Gasteiger partial charge in [-0.05, 0) is 19.1 Å². The molecule has 0 aliphatic carbocycles. The first kappa shape index (κ1) is 18.1. The van der Waals surface area contributed by atoms with Crippen molar-refractivity contribution in [3.05, 3.63) is 65.2 Å². The first-order valence-electron chi connectivity index (χ1n) is 8.69. The van der Waals surface area contributed by atoms with Gasteiger partial charge in [0.1, 0.15) is 24.8 Å². The van der Waals surface area contributed by atoms with Crippen LogP contribution < -0.4 is 4.74 Å². The number of hydrogen-bond donors (Lipinski definition) is 0. The van der Waals surface area contributed by atoms with Crippen LogP contribution in [0.1, 0.15) is 21.6 Å². The molecule has 1 unspecified atom stereocenters. The number of pyridine rings is 1. The van der Waals surface area contributed by atoms with Crippen LogP contribution in [0, 0.1) is 12.7 Å². The number of benzene rings is 1. The summed E-state index contributed by atoms with van der Waals surface area (Å²) in [5.41, 5.74) is 0.640. The number of fused-ring (bicyclic) bond motifs is 1. The molecule has 7 nitrogen and oxygen atoms in total. The molecule has 1 atom stereocenters. The zero-order valence-electron chi connectivity index (χ0n) is 15.4. The number of aryl methyl sites for hydroxylation is 1. The van der Waals surface area contributed by atoms with E-state index in [1.54, 1.807) is 48.0 Å². The summed E-state index contributed by atoms with van der Waals surface area (Å²) in [6.07, 6.45) is 2.29. The van der Waals surface area contributed by atoms with Crippen molar-refractivity contribution in [2.75, 3.05) is 13.7 Å². The number of amides is 1. The van der Waals surface area contributed by atoms with Gasteiger partial charge < -0.3 is 14.4 Å². The lowest BCUT2D eigenvalue weighted by molar-refractivity contribution is -0.116. The van der Waals surface area contributed by atoms with E-state index in [4.69, 9.17) is 9.47 Å². The van der Waals surface area contributed by atoms with E-state index < -0.39 is 5.72 Å². The summed E-state index contributed by atoms with van der Waals surface area (Å²) in [7, 11) is 1.52. The summed E-state index contributed by atoms with van der Waals surface area (Å²) in [5, 5.41) is 4.34. The lowest BCUT2D eigenvalue weighted by Crippen LogP contribution is -2.41. The summed E-state index contributed by atoms with van der Waals surface area (Å²) >= 11 is 0. The maximum atomic E-state index is 13.8. The Balaban J connectivity index is 1.64. The van der Waals surface area contributed by atoms with E-state index >= 15 is 0 Å². The SMILES string of the molecule is Cc1nn2ccc(OCc3ccccc3F)cc2c1C(=O)N(C)C1(C=O)CO1. The van der Waals surface area contributed by atoms with Crippen LogP contribution in [0.25, 0.3) is 5.52 Å². The molecule has 4 rings (SSSR count). The number of epoxide rings is 1. The average Bonchev–Trinajstić information content (AvgIpc) is 3.43. The molecule has 0 N–H and O–H groups in total. The smallest absolute Gasteiger partial charge is 0.260 e. The van der Waals surface area contributed by atoms with Gasteiger partial charge in [-0.3, -0.25) is 9.59 Å². The largest absolute Gasteiger partial charge is 0.489 e. The molecule has 0 bridgehead atoms. The molecule has 8 heteroatoms. The molecular weight excluding hydrogens is 365 g/mol. The van der Waals surface area contributed by atoms with Gasteiger partial charge in [-0.25, -0.2) is 8.91 Å². The predicted molar refractivity (Wildman–Crippen MR) is 97.5 cm³/mol. The summed E-state index contributed by atoms with van der Waals surface area (Å²) in [6, 6.07) is 9.73. The van der Waals surface area contributed by atoms with Gasteiger partial charge in [0.05, 0.1) is 16.8 Å². The minimum Gasteiger partial charge on any atom is -0.489 e. The van der Waals surface area contributed by atoms with Crippen molar-refractivity contribution in [1.82, 2.24) is 14.5 Å². The first-order chi connectivity index (χ1) is 13.4. The second-order valence-corrected chi connectivity index (χ2v) is 6.65. The third-order valence-corrected chi connectivity index (χ3v) is 4.84. The van der Waals surface area contributed by atoms with Crippen LogP contribution in [0.5, 0.6) is 5.75 Å². The number of aromatic nitrogens is 2. The van der Waals surface area contributed by atoms with E-state index in [1.165, 1.54) is 18.0 Å². The quantitative estimate of drug-likeness (QED) is 0.482. The Labute approximate surface area is 160 Å². The zero-order chi connectivity index (χ0) is 19.9. The number of hydrogen-bond acceptors (Lipinski definition) is 5. The molecule has 1 saturated heterocycles. The summed E-state index contributed by atoms with van der Waals surface area (Å²) in [4.78, 5) is 25.5. The highest BCUT2D eigenvalue weighted by Gasteiger charge is 2.51. The molecular formula is C20H18FN3O4. The molecule has 144 valence electrons. The van der Waals surface area contributed by atoms with Crippen LogP contribution in [-0.4, -0.2) is 46.1 Å². The number of nitrogens with zero attached hydrogens (tertiary/aromatic N) is 3.